The minimum atomic E-state index is -0.882. The van der Waals surface area contributed by atoms with Gasteiger partial charge < -0.3 is 23.8 Å². The van der Waals surface area contributed by atoms with Gasteiger partial charge in [0.1, 0.15) is 6.61 Å². The van der Waals surface area contributed by atoms with Crippen LogP contribution in [0, 0.1) is 0 Å². The standard InChI is InChI=1S/C50H87NO7/c1-6-8-10-12-14-16-18-20-22-24-25-27-29-31-33-35-37-39-41-49(53)58-46(44-56-43-42-47(50(54)55)51(3,4)5)45-57-48(52)40-38-36-34-32-30-28-26-23-21-19-17-15-13-11-9-7-2/h14,16,18,20,22-27,46-47H,6-13,15,17,19,21,28-45H2,1-5H3/p+1/b16-14+,20-18+,24-22+,26-23+,27-25+. The highest BCUT2D eigenvalue weighted by Crippen LogP contribution is 2.13. The van der Waals surface area contributed by atoms with E-state index in [0.29, 0.717) is 19.3 Å². The minimum Gasteiger partial charge on any atom is -0.477 e. The third-order valence-corrected chi connectivity index (χ3v) is 10.2. The second kappa shape index (κ2) is 40.8. The fourth-order valence-electron chi connectivity index (χ4n) is 6.57. The zero-order valence-electron chi connectivity index (χ0n) is 38.0. The van der Waals surface area contributed by atoms with Crippen LogP contribution in [0.1, 0.15) is 187 Å². The zero-order valence-corrected chi connectivity index (χ0v) is 38.0. The number of unbranched alkanes of at least 4 members (excludes halogenated alkanes) is 20. The summed E-state index contributed by atoms with van der Waals surface area (Å²) in [5.74, 6) is -1.51. The number of carbonyl (C=O) groups is 3. The summed E-state index contributed by atoms with van der Waals surface area (Å²) in [4.78, 5) is 37.0. The summed E-state index contributed by atoms with van der Waals surface area (Å²) in [6, 6.07) is -0.623. The molecule has 0 bridgehead atoms. The van der Waals surface area contributed by atoms with Crippen molar-refractivity contribution in [2.75, 3.05) is 41.0 Å². The molecular formula is C50H88NO7+. The maximum absolute atomic E-state index is 12.7. The van der Waals surface area contributed by atoms with E-state index < -0.39 is 18.1 Å². The number of hydrogen-bond acceptors (Lipinski definition) is 6. The first kappa shape index (κ1) is 55.0. The molecule has 0 aromatic heterocycles. The molecule has 0 saturated carbocycles. The van der Waals surface area contributed by atoms with Crippen LogP contribution in [0.4, 0.5) is 0 Å². The topological polar surface area (TPSA) is 99.1 Å². The number of carbonyl (C=O) groups excluding carboxylic acids is 2. The maximum Gasteiger partial charge on any atom is 0.362 e. The SMILES string of the molecule is CCCCC/C=C/C=C/C=C/C=C/CCCCCCCC(=O)OC(COCCC(C(=O)O)[N+](C)(C)C)COC(=O)CCCCCCC/C=C/CCCCCCCCC. The zero-order chi connectivity index (χ0) is 42.8. The second-order valence-electron chi connectivity index (χ2n) is 16.7. The molecule has 58 heavy (non-hydrogen) atoms. The average Bonchev–Trinajstić information content (AvgIpc) is 3.18. The Kier molecular flexibility index (Phi) is 38.7. The maximum atomic E-state index is 12.7. The number of hydrogen-bond donors (Lipinski definition) is 1. The number of quaternary nitrogens is 1. The van der Waals surface area contributed by atoms with Gasteiger partial charge >= 0.3 is 17.9 Å². The third kappa shape index (κ3) is 38.5. The lowest BCUT2D eigenvalue weighted by atomic mass is 10.1. The third-order valence-electron chi connectivity index (χ3n) is 10.2. The van der Waals surface area contributed by atoms with Gasteiger partial charge in [-0.15, -0.1) is 0 Å². The number of allylic oxidation sites excluding steroid dienone is 10. The molecular weight excluding hydrogens is 727 g/mol. The van der Waals surface area contributed by atoms with Gasteiger partial charge in [0.15, 0.2) is 12.1 Å². The van der Waals surface area contributed by atoms with Gasteiger partial charge in [0.25, 0.3) is 0 Å². The van der Waals surface area contributed by atoms with E-state index in [1.807, 2.05) is 21.1 Å². The number of carboxylic acid groups (broad SMARTS) is 1. The van der Waals surface area contributed by atoms with E-state index in [4.69, 9.17) is 14.2 Å². The van der Waals surface area contributed by atoms with Crippen molar-refractivity contribution in [1.29, 1.82) is 0 Å². The Bertz CT molecular complexity index is 1130. The summed E-state index contributed by atoms with van der Waals surface area (Å²) in [6.45, 7) is 4.66. The molecule has 0 aromatic rings. The van der Waals surface area contributed by atoms with E-state index in [2.05, 4.69) is 74.6 Å². The van der Waals surface area contributed by atoms with Crippen molar-refractivity contribution in [2.24, 2.45) is 0 Å². The number of aliphatic carboxylic acids is 1. The number of ether oxygens (including phenoxy) is 3. The Morgan fingerprint density at radius 2 is 0.931 bits per heavy atom. The Morgan fingerprint density at radius 1 is 0.517 bits per heavy atom. The van der Waals surface area contributed by atoms with Crippen LogP contribution in [0.25, 0.3) is 0 Å². The van der Waals surface area contributed by atoms with Crippen LogP contribution in [0.2, 0.25) is 0 Å². The molecule has 0 fully saturated rings. The molecule has 2 unspecified atom stereocenters. The van der Waals surface area contributed by atoms with Crippen LogP contribution in [-0.2, 0) is 28.6 Å². The van der Waals surface area contributed by atoms with E-state index in [9.17, 15) is 19.5 Å². The normalized spacial score (nSPS) is 13.5. The summed E-state index contributed by atoms with van der Waals surface area (Å²) in [5, 5.41) is 9.63. The lowest BCUT2D eigenvalue weighted by Gasteiger charge is -2.31. The molecule has 8 nitrogen and oxygen atoms in total. The van der Waals surface area contributed by atoms with Crippen molar-refractivity contribution in [3.8, 4) is 0 Å². The Morgan fingerprint density at radius 3 is 1.43 bits per heavy atom. The molecule has 0 saturated heterocycles. The summed E-state index contributed by atoms with van der Waals surface area (Å²) in [5.41, 5.74) is 0. The molecule has 8 heteroatoms. The summed E-state index contributed by atoms with van der Waals surface area (Å²) >= 11 is 0. The first-order valence-corrected chi connectivity index (χ1v) is 23.4. The monoisotopic (exact) mass is 815 g/mol. The number of rotatable bonds is 41. The molecule has 0 aliphatic rings. The van der Waals surface area contributed by atoms with Gasteiger partial charge in [-0.2, -0.15) is 0 Å². The van der Waals surface area contributed by atoms with Gasteiger partial charge in [0, 0.05) is 19.3 Å². The van der Waals surface area contributed by atoms with Crippen LogP contribution >= 0.6 is 0 Å². The number of nitrogens with zero attached hydrogens (tertiary/aromatic N) is 1. The van der Waals surface area contributed by atoms with Gasteiger partial charge in [0.05, 0.1) is 34.4 Å². The van der Waals surface area contributed by atoms with Crippen molar-refractivity contribution < 1.29 is 38.2 Å². The largest absolute Gasteiger partial charge is 0.477 e. The number of esters is 2. The molecule has 2 atom stereocenters. The smallest absolute Gasteiger partial charge is 0.362 e. The van der Waals surface area contributed by atoms with Crippen molar-refractivity contribution >= 4 is 17.9 Å². The Hall–Kier alpha value is -2.97. The molecule has 0 aromatic carbocycles. The fourth-order valence-corrected chi connectivity index (χ4v) is 6.57. The quantitative estimate of drug-likeness (QED) is 0.0216. The van der Waals surface area contributed by atoms with E-state index in [1.54, 1.807) is 0 Å². The average molecular weight is 815 g/mol. The summed E-state index contributed by atoms with van der Waals surface area (Å²) in [6.07, 6.45) is 49.7. The van der Waals surface area contributed by atoms with Crippen LogP contribution in [0.5, 0.6) is 0 Å². The Balaban J connectivity index is 4.40. The van der Waals surface area contributed by atoms with Gasteiger partial charge in [0.2, 0.25) is 0 Å². The van der Waals surface area contributed by atoms with Crippen molar-refractivity contribution in [2.45, 2.75) is 199 Å². The van der Waals surface area contributed by atoms with Gasteiger partial charge in [-0.05, 0) is 64.2 Å². The van der Waals surface area contributed by atoms with Crippen LogP contribution < -0.4 is 0 Å². The van der Waals surface area contributed by atoms with E-state index in [0.717, 1.165) is 77.0 Å². The van der Waals surface area contributed by atoms with Gasteiger partial charge in [-0.25, -0.2) is 4.79 Å². The molecule has 0 spiro atoms. The fraction of sp³-hybridized carbons (Fsp3) is 0.740. The van der Waals surface area contributed by atoms with Crippen LogP contribution in [0.15, 0.2) is 60.8 Å². The van der Waals surface area contributed by atoms with Gasteiger partial charge in [-0.3, -0.25) is 9.59 Å². The van der Waals surface area contributed by atoms with Crippen LogP contribution in [0.3, 0.4) is 0 Å². The van der Waals surface area contributed by atoms with E-state index in [-0.39, 0.29) is 36.2 Å². The molecule has 0 aliphatic heterocycles. The first-order chi connectivity index (χ1) is 28.1. The lowest BCUT2D eigenvalue weighted by molar-refractivity contribution is -0.887. The molecule has 1 N–H and O–H groups in total. The molecule has 0 rings (SSSR count). The summed E-state index contributed by atoms with van der Waals surface area (Å²) < 4.78 is 17.3. The lowest BCUT2D eigenvalue weighted by Crippen LogP contribution is -2.50. The molecule has 0 amide bonds. The van der Waals surface area contributed by atoms with Crippen LogP contribution in [-0.4, -0.2) is 80.6 Å². The minimum absolute atomic E-state index is 0.0468. The number of likely N-dealkylation sites (N-methyl/N-ethyl adjacent to an activating group) is 1. The van der Waals surface area contributed by atoms with Crippen molar-refractivity contribution in [1.82, 2.24) is 0 Å². The predicted molar refractivity (Wildman–Crippen MR) is 243 cm³/mol. The Labute approximate surface area is 356 Å². The highest BCUT2D eigenvalue weighted by molar-refractivity contribution is 5.72. The number of carboxylic acids is 1. The second-order valence-corrected chi connectivity index (χ2v) is 16.7. The highest BCUT2D eigenvalue weighted by Gasteiger charge is 2.31. The van der Waals surface area contributed by atoms with Crippen molar-refractivity contribution in [3.63, 3.8) is 0 Å². The first-order valence-electron chi connectivity index (χ1n) is 23.4. The molecule has 0 heterocycles. The van der Waals surface area contributed by atoms with E-state index >= 15 is 0 Å². The molecule has 0 aliphatic carbocycles. The summed E-state index contributed by atoms with van der Waals surface area (Å²) in [7, 11) is 5.51. The van der Waals surface area contributed by atoms with E-state index in [1.165, 1.54) is 77.0 Å². The van der Waals surface area contributed by atoms with Crippen molar-refractivity contribution in [3.05, 3.63) is 60.8 Å². The molecule has 0 radical (unpaired) electrons. The molecule has 334 valence electrons. The predicted octanol–water partition coefficient (Wildman–Crippen LogP) is 13.0. The van der Waals surface area contributed by atoms with Gasteiger partial charge in [-0.1, -0.05) is 164 Å². The highest BCUT2D eigenvalue weighted by atomic mass is 16.6.